The minimum atomic E-state index is -0.673. The van der Waals surface area contributed by atoms with Crippen molar-refractivity contribution in [3.8, 4) is 0 Å². The zero-order valence-corrected chi connectivity index (χ0v) is 12.1. The van der Waals surface area contributed by atoms with Gasteiger partial charge in [-0.15, -0.1) is 0 Å². The maximum absolute atomic E-state index is 12.6. The van der Waals surface area contributed by atoms with Crippen LogP contribution in [0.3, 0.4) is 0 Å². The average molecular weight is 282 g/mol. The standard InChI is InChI=1S/C14H22N2O4/c1-3-20-12(18)10-5-4-6-16(8-10)13(19)14(2)7-11(17)15-9-14/h10H,3-9H2,1-2H3,(H,15,17). The van der Waals surface area contributed by atoms with E-state index in [1.807, 2.05) is 0 Å². The van der Waals surface area contributed by atoms with Crippen LogP contribution >= 0.6 is 0 Å². The van der Waals surface area contributed by atoms with Crippen LogP contribution in [-0.4, -0.2) is 48.9 Å². The molecule has 20 heavy (non-hydrogen) atoms. The van der Waals surface area contributed by atoms with E-state index < -0.39 is 5.41 Å². The first-order valence-electron chi connectivity index (χ1n) is 7.19. The second-order valence-corrected chi connectivity index (χ2v) is 5.86. The van der Waals surface area contributed by atoms with Crippen molar-refractivity contribution in [1.29, 1.82) is 0 Å². The Balaban J connectivity index is 2.00. The molecule has 6 heteroatoms. The minimum Gasteiger partial charge on any atom is -0.466 e. The summed E-state index contributed by atoms with van der Waals surface area (Å²) in [4.78, 5) is 37.4. The van der Waals surface area contributed by atoms with Crippen LogP contribution in [0.4, 0.5) is 0 Å². The number of ether oxygens (including phenoxy) is 1. The van der Waals surface area contributed by atoms with Gasteiger partial charge in [0, 0.05) is 26.1 Å². The molecule has 1 N–H and O–H groups in total. The summed E-state index contributed by atoms with van der Waals surface area (Å²) in [6.45, 7) is 5.38. The molecular formula is C14H22N2O4. The predicted molar refractivity (Wildman–Crippen MR) is 71.7 cm³/mol. The number of carbonyl (C=O) groups is 3. The molecule has 2 saturated heterocycles. The molecule has 2 atom stereocenters. The van der Waals surface area contributed by atoms with Gasteiger partial charge < -0.3 is 15.0 Å². The SMILES string of the molecule is CCOC(=O)C1CCCN(C(=O)C2(C)CNC(=O)C2)C1. The number of amides is 2. The molecule has 0 bridgehead atoms. The number of hydrogen-bond acceptors (Lipinski definition) is 4. The van der Waals surface area contributed by atoms with Crippen molar-refractivity contribution in [3.05, 3.63) is 0 Å². The lowest BCUT2D eigenvalue weighted by Gasteiger charge is -2.36. The van der Waals surface area contributed by atoms with E-state index in [9.17, 15) is 14.4 Å². The fourth-order valence-electron chi connectivity index (χ4n) is 2.92. The Bertz CT molecular complexity index is 423. The largest absolute Gasteiger partial charge is 0.466 e. The quantitative estimate of drug-likeness (QED) is 0.756. The van der Waals surface area contributed by atoms with Gasteiger partial charge in [0.05, 0.1) is 17.9 Å². The number of rotatable bonds is 3. The molecule has 2 rings (SSSR count). The van der Waals surface area contributed by atoms with E-state index in [4.69, 9.17) is 4.74 Å². The molecule has 2 aliphatic rings. The van der Waals surface area contributed by atoms with Gasteiger partial charge in [-0.2, -0.15) is 0 Å². The summed E-state index contributed by atoms with van der Waals surface area (Å²) in [5.41, 5.74) is -0.673. The Morgan fingerprint density at radius 3 is 2.85 bits per heavy atom. The number of likely N-dealkylation sites (tertiary alicyclic amines) is 1. The first-order valence-corrected chi connectivity index (χ1v) is 7.19. The van der Waals surface area contributed by atoms with Crippen molar-refractivity contribution < 1.29 is 19.1 Å². The second kappa shape index (κ2) is 5.81. The summed E-state index contributed by atoms with van der Waals surface area (Å²) in [5.74, 6) is -0.582. The third kappa shape index (κ3) is 2.94. The number of piperidine rings is 1. The molecule has 2 unspecified atom stereocenters. The fourth-order valence-corrected chi connectivity index (χ4v) is 2.92. The third-order valence-corrected chi connectivity index (χ3v) is 4.07. The number of esters is 1. The van der Waals surface area contributed by atoms with Gasteiger partial charge in [-0.1, -0.05) is 0 Å². The number of nitrogens with zero attached hydrogens (tertiary/aromatic N) is 1. The predicted octanol–water partition coefficient (Wildman–Crippen LogP) is 0.314. The van der Waals surface area contributed by atoms with Crippen molar-refractivity contribution >= 4 is 17.8 Å². The molecule has 2 amide bonds. The van der Waals surface area contributed by atoms with Crippen molar-refractivity contribution in [2.75, 3.05) is 26.2 Å². The Morgan fingerprint density at radius 2 is 2.25 bits per heavy atom. The molecule has 0 radical (unpaired) electrons. The first-order chi connectivity index (χ1) is 9.46. The highest BCUT2D eigenvalue weighted by Crippen LogP contribution is 2.30. The van der Waals surface area contributed by atoms with Crippen LogP contribution < -0.4 is 5.32 Å². The van der Waals surface area contributed by atoms with Crippen LogP contribution in [0.5, 0.6) is 0 Å². The number of carbonyl (C=O) groups excluding carboxylic acids is 3. The van der Waals surface area contributed by atoms with Crippen molar-refractivity contribution in [2.45, 2.75) is 33.1 Å². The summed E-state index contributed by atoms with van der Waals surface area (Å²) in [5, 5.41) is 2.71. The van der Waals surface area contributed by atoms with Gasteiger partial charge in [-0.05, 0) is 26.7 Å². The van der Waals surface area contributed by atoms with Crippen LogP contribution in [0.2, 0.25) is 0 Å². The molecule has 6 nitrogen and oxygen atoms in total. The van der Waals surface area contributed by atoms with E-state index in [0.29, 0.717) is 26.2 Å². The molecule has 2 fully saturated rings. The van der Waals surface area contributed by atoms with Crippen molar-refractivity contribution in [2.24, 2.45) is 11.3 Å². The summed E-state index contributed by atoms with van der Waals surface area (Å²) in [7, 11) is 0. The summed E-state index contributed by atoms with van der Waals surface area (Å²) < 4.78 is 5.03. The van der Waals surface area contributed by atoms with Crippen LogP contribution in [0, 0.1) is 11.3 Å². The molecule has 0 aliphatic carbocycles. The minimum absolute atomic E-state index is 0.0372. The van der Waals surface area contributed by atoms with Gasteiger partial charge in [0.2, 0.25) is 11.8 Å². The molecule has 0 aromatic heterocycles. The Labute approximate surface area is 118 Å². The van der Waals surface area contributed by atoms with Crippen LogP contribution in [-0.2, 0) is 19.1 Å². The highest BCUT2D eigenvalue weighted by atomic mass is 16.5. The topological polar surface area (TPSA) is 75.7 Å². The Morgan fingerprint density at radius 1 is 1.50 bits per heavy atom. The molecule has 0 aromatic carbocycles. The van der Waals surface area contributed by atoms with Gasteiger partial charge in [-0.25, -0.2) is 0 Å². The van der Waals surface area contributed by atoms with E-state index >= 15 is 0 Å². The normalized spacial score (nSPS) is 30.0. The van der Waals surface area contributed by atoms with Gasteiger partial charge in [0.25, 0.3) is 0 Å². The molecule has 2 aliphatic heterocycles. The van der Waals surface area contributed by atoms with Crippen LogP contribution in [0.1, 0.15) is 33.1 Å². The van der Waals surface area contributed by atoms with E-state index in [0.717, 1.165) is 12.8 Å². The monoisotopic (exact) mass is 282 g/mol. The molecule has 0 saturated carbocycles. The maximum atomic E-state index is 12.6. The zero-order valence-electron chi connectivity index (χ0n) is 12.1. The molecule has 2 heterocycles. The summed E-state index contributed by atoms with van der Waals surface area (Å²) in [6, 6.07) is 0. The number of nitrogens with one attached hydrogen (secondary N) is 1. The van der Waals surface area contributed by atoms with E-state index in [1.165, 1.54) is 0 Å². The number of hydrogen-bond donors (Lipinski definition) is 1. The lowest BCUT2D eigenvalue weighted by Crippen LogP contribution is -2.49. The highest BCUT2D eigenvalue weighted by molar-refractivity contribution is 5.92. The Kier molecular flexibility index (Phi) is 4.30. The maximum Gasteiger partial charge on any atom is 0.310 e. The lowest BCUT2D eigenvalue weighted by atomic mass is 9.86. The molecular weight excluding hydrogens is 260 g/mol. The lowest BCUT2D eigenvalue weighted by molar-refractivity contribution is -0.153. The third-order valence-electron chi connectivity index (χ3n) is 4.07. The Hall–Kier alpha value is -1.59. The van der Waals surface area contributed by atoms with Gasteiger partial charge >= 0.3 is 5.97 Å². The molecule has 0 aromatic rings. The molecule has 112 valence electrons. The second-order valence-electron chi connectivity index (χ2n) is 5.86. The zero-order chi connectivity index (χ0) is 14.8. The van der Waals surface area contributed by atoms with Gasteiger partial charge in [-0.3, -0.25) is 14.4 Å². The van der Waals surface area contributed by atoms with Gasteiger partial charge in [0.15, 0.2) is 0 Å². The fraction of sp³-hybridized carbons (Fsp3) is 0.786. The first kappa shape index (κ1) is 14.8. The smallest absolute Gasteiger partial charge is 0.310 e. The highest BCUT2D eigenvalue weighted by Gasteiger charge is 2.44. The summed E-state index contributed by atoms with van der Waals surface area (Å²) >= 11 is 0. The summed E-state index contributed by atoms with van der Waals surface area (Å²) in [6.07, 6.45) is 1.79. The van der Waals surface area contributed by atoms with Crippen molar-refractivity contribution in [3.63, 3.8) is 0 Å². The van der Waals surface area contributed by atoms with E-state index in [-0.39, 0.29) is 30.1 Å². The average Bonchev–Trinajstić information content (AvgIpc) is 2.79. The molecule has 0 spiro atoms. The van der Waals surface area contributed by atoms with E-state index in [1.54, 1.807) is 18.7 Å². The van der Waals surface area contributed by atoms with Crippen LogP contribution in [0.25, 0.3) is 0 Å². The van der Waals surface area contributed by atoms with Crippen LogP contribution in [0.15, 0.2) is 0 Å². The van der Waals surface area contributed by atoms with E-state index in [2.05, 4.69) is 5.32 Å². The van der Waals surface area contributed by atoms with Crippen molar-refractivity contribution in [1.82, 2.24) is 10.2 Å². The van der Waals surface area contributed by atoms with Gasteiger partial charge in [0.1, 0.15) is 0 Å².